The first kappa shape index (κ1) is 20.5. The molecular formula is C18H22BrClN2O2. The molecule has 2 aromatic rings. The van der Waals surface area contributed by atoms with Gasteiger partial charge in [0.05, 0.1) is 5.56 Å². The van der Waals surface area contributed by atoms with Crippen LogP contribution in [0.2, 0.25) is 0 Å². The fourth-order valence-electron chi connectivity index (χ4n) is 2.12. The summed E-state index contributed by atoms with van der Waals surface area (Å²) in [5.74, 6) is 0.544. The van der Waals surface area contributed by atoms with Gasteiger partial charge in [0, 0.05) is 24.6 Å². The number of nitrogens with zero attached hydrogens (tertiary/aromatic N) is 1. The van der Waals surface area contributed by atoms with Crippen molar-refractivity contribution >= 4 is 34.2 Å². The summed E-state index contributed by atoms with van der Waals surface area (Å²) in [7, 11) is 3.66. The summed E-state index contributed by atoms with van der Waals surface area (Å²) in [6.07, 6.45) is 0. The summed E-state index contributed by atoms with van der Waals surface area (Å²) in [4.78, 5) is 14.3. The average molecular weight is 414 g/mol. The number of amides is 1. The first-order chi connectivity index (χ1) is 11.1. The van der Waals surface area contributed by atoms with Gasteiger partial charge >= 0.3 is 0 Å². The summed E-state index contributed by atoms with van der Waals surface area (Å²) in [6, 6.07) is 15.4. The number of ether oxygens (including phenoxy) is 1. The van der Waals surface area contributed by atoms with Gasteiger partial charge in [0.25, 0.3) is 5.91 Å². The number of rotatable bonds is 7. The molecule has 1 N–H and O–H groups in total. The second-order valence-corrected chi connectivity index (χ2v) is 6.16. The van der Waals surface area contributed by atoms with Crippen molar-refractivity contribution in [3.8, 4) is 5.75 Å². The van der Waals surface area contributed by atoms with E-state index in [9.17, 15) is 4.79 Å². The van der Waals surface area contributed by atoms with Crippen LogP contribution in [0.3, 0.4) is 0 Å². The maximum atomic E-state index is 12.6. The highest BCUT2D eigenvalue weighted by Crippen LogP contribution is 2.25. The number of benzene rings is 2. The van der Waals surface area contributed by atoms with Crippen LogP contribution in [-0.4, -0.2) is 38.0 Å². The van der Waals surface area contributed by atoms with Crippen LogP contribution in [0.5, 0.6) is 5.75 Å². The van der Waals surface area contributed by atoms with Crippen molar-refractivity contribution < 1.29 is 9.53 Å². The Morgan fingerprint density at radius 2 is 1.92 bits per heavy atom. The van der Waals surface area contributed by atoms with Gasteiger partial charge in [-0.3, -0.25) is 4.79 Å². The maximum Gasteiger partial charge on any atom is 0.257 e. The van der Waals surface area contributed by atoms with Gasteiger partial charge in [-0.15, -0.1) is 12.4 Å². The fraction of sp³-hybridized carbons (Fsp3) is 0.278. The quantitative estimate of drug-likeness (QED) is 0.752. The summed E-state index contributed by atoms with van der Waals surface area (Å²) in [5, 5.41) is 3.04. The molecule has 6 heteroatoms. The van der Waals surface area contributed by atoms with Crippen molar-refractivity contribution in [3.63, 3.8) is 0 Å². The standard InChI is InChI=1S/C18H21BrN2O2.ClH/c1-20-10-11-21(2)18(22)16-12-15(19)8-9-17(16)23-13-14-6-4-3-5-7-14;/h3-9,12,20H,10-11,13H2,1-2H3;1H. The highest BCUT2D eigenvalue weighted by atomic mass is 79.9. The monoisotopic (exact) mass is 412 g/mol. The largest absolute Gasteiger partial charge is 0.488 e. The van der Waals surface area contributed by atoms with Crippen LogP contribution in [0.15, 0.2) is 53.0 Å². The summed E-state index contributed by atoms with van der Waals surface area (Å²) >= 11 is 3.42. The molecule has 2 aromatic carbocycles. The smallest absolute Gasteiger partial charge is 0.257 e. The molecule has 0 atom stereocenters. The number of carbonyl (C=O) groups excluding carboxylic acids is 1. The normalized spacial score (nSPS) is 9.96. The van der Waals surface area contributed by atoms with Gasteiger partial charge < -0.3 is 15.0 Å². The van der Waals surface area contributed by atoms with Crippen LogP contribution in [-0.2, 0) is 6.61 Å². The van der Waals surface area contributed by atoms with Crippen molar-refractivity contribution in [2.75, 3.05) is 27.2 Å². The lowest BCUT2D eigenvalue weighted by molar-refractivity contribution is 0.0792. The molecule has 0 aliphatic heterocycles. The Morgan fingerprint density at radius 3 is 2.58 bits per heavy atom. The van der Waals surface area contributed by atoms with Crippen molar-refractivity contribution in [1.82, 2.24) is 10.2 Å². The Kier molecular flexibility index (Phi) is 8.82. The molecule has 0 spiro atoms. The molecule has 0 saturated heterocycles. The highest BCUT2D eigenvalue weighted by Gasteiger charge is 2.17. The molecular weight excluding hydrogens is 392 g/mol. The second-order valence-electron chi connectivity index (χ2n) is 5.25. The lowest BCUT2D eigenvalue weighted by Crippen LogP contribution is -2.33. The molecule has 0 saturated carbocycles. The molecule has 0 unspecified atom stereocenters. The predicted molar refractivity (Wildman–Crippen MR) is 103 cm³/mol. The molecule has 0 fully saturated rings. The summed E-state index contributed by atoms with van der Waals surface area (Å²) in [5.41, 5.74) is 1.63. The number of hydrogen-bond donors (Lipinski definition) is 1. The van der Waals surface area contributed by atoms with Crippen LogP contribution in [0.4, 0.5) is 0 Å². The number of likely N-dealkylation sites (N-methyl/N-ethyl adjacent to an activating group) is 2. The van der Waals surface area contributed by atoms with Crippen molar-refractivity contribution in [3.05, 3.63) is 64.1 Å². The van der Waals surface area contributed by atoms with E-state index in [0.717, 1.165) is 16.6 Å². The van der Waals surface area contributed by atoms with E-state index >= 15 is 0 Å². The van der Waals surface area contributed by atoms with Crippen LogP contribution in [0.25, 0.3) is 0 Å². The van der Waals surface area contributed by atoms with E-state index in [2.05, 4.69) is 21.2 Å². The molecule has 2 rings (SSSR count). The van der Waals surface area contributed by atoms with Gasteiger partial charge in [-0.2, -0.15) is 0 Å². The second kappa shape index (κ2) is 10.3. The highest BCUT2D eigenvalue weighted by molar-refractivity contribution is 9.10. The molecule has 0 radical (unpaired) electrons. The van der Waals surface area contributed by atoms with Gasteiger partial charge in [0.15, 0.2) is 0 Å². The molecule has 24 heavy (non-hydrogen) atoms. The summed E-state index contributed by atoms with van der Waals surface area (Å²) in [6.45, 7) is 1.82. The van der Waals surface area contributed by atoms with Crippen LogP contribution >= 0.6 is 28.3 Å². The van der Waals surface area contributed by atoms with E-state index in [1.165, 1.54) is 0 Å². The van der Waals surface area contributed by atoms with Gasteiger partial charge in [-0.05, 0) is 30.8 Å². The molecule has 130 valence electrons. The van der Waals surface area contributed by atoms with E-state index in [0.29, 0.717) is 24.5 Å². The molecule has 0 aliphatic rings. The molecule has 1 amide bonds. The third-order valence-corrected chi connectivity index (χ3v) is 3.95. The number of hydrogen-bond acceptors (Lipinski definition) is 3. The van der Waals surface area contributed by atoms with Crippen molar-refractivity contribution in [2.24, 2.45) is 0 Å². The lowest BCUT2D eigenvalue weighted by Gasteiger charge is -2.19. The predicted octanol–water partition coefficient (Wildman–Crippen LogP) is 3.74. The van der Waals surface area contributed by atoms with E-state index in [1.807, 2.05) is 49.5 Å². The fourth-order valence-corrected chi connectivity index (χ4v) is 2.48. The lowest BCUT2D eigenvalue weighted by atomic mass is 10.1. The van der Waals surface area contributed by atoms with Gasteiger partial charge in [-0.1, -0.05) is 46.3 Å². The van der Waals surface area contributed by atoms with Gasteiger partial charge in [-0.25, -0.2) is 0 Å². The Balaban J connectivity index is 0.00000288. The SMILES string of the molecule is CNCCN(C)C(=O)c1cc(Br)ccc1OCc1ccccc1.Cl. The minimum Gasteiger partial charge on any atom is -0.488 e. The Labute approximate surface area is 157 Å². The topological polar surface area (TPSA) is 41.6 Å². The van der Waals surface area contributed by atoms with E-state index in [4.69, 9.17) is 4.74 Å². The van der Waals surface area contributed by atoms with Gasteiger partial charge in [0.2, 0.25) is 0 Å². The Hall–Kier alpha value is -1.56. The zero-order valence-electron chi connectivity index (χ0n) is 13.8. The molecule has 0 heterocycles. The maximum absolute atomic E-state index is 12.6. The third kappa shape index (κ3) is 5.82. The van der Waals surface area contributed by atoms with E-state index in [-0.39, 0.29) is 18.3 Å². The Morgan fingerprint density at radius 1 is 1.21 bits per heavy atom. The first-order valence-corrected chi connectivity index (χ1v) is 8.27. The van der Waals surface area contributed by atoms with Crippen molar-refractivity contribution in [2.45, 2.75) is 6.61 Å². The zero-order chi connectivity index (χ0) is 16.7. The van der Waals surface area contributed by atoms with Gasteiger partial charge in [0.1, 0.15) is 12.4 Å². The third-order valence-electron chi connectivity index (χ3n) is 3.45. The Bertz CT molecular complexity index is 653. The van der Waals surface area contributed by atoms with Crippen LogP contribution in [0.1, 0.15) is 15.9 Å². The number of carbonyl (C=O) groups is 1. The summed E-state index contributed by atoms with van der Waals surface area (Å²) < 4.78 is 6.73. The minimum absolute atomic E-state index is 0. The van der Waals surface area contributed by atoms with Crippen LogP contribution < -0.4 is 10.1 Å². The zero-order valence-corrected chi connectivity index (χ0v) is 16.2. The number of nitrogens with one attached hydrogen (secondary N) is 1. The van der Waals surface area contributed by atoms with E-state index in [1.54, 1.807) is 18.0 Å². The number of halogens is 2. The average Bonchev–Trinajstić information content (AvgIpc) is 2.58. The molecule has 0 aromatic heterocycles. The molecule has 0 bridgehead atoms. The molecule has 0 aliphatic carbocycles. The molecule has 4 nitrogen and oxygen atoms in total. The van der Waals surface area contributed by atoms with E-state index < -0.39 is 0 Å². The van der Waals surface area contributed by atoms with Crippen molar-refractivity contribution in [1.29, 1.82) is 0 Å². The first-order valence-electron chi connectivity index (χ1n) is 7.48. The van der Waals surface area contributed by atoms with Crippen LogP contribution in [0, 0.1) is 0 Å². The minimum atomic E-state index is -0.0513.